The van der Waals surface area contributed by atoms with E-state index in [1.54, 1.807) is 17.5 Å². The van der Waals surface area contributed by atoms with E-state index in [1.807, 2.05) is 10.6 Å². The molecule has 3 aromatic rings. The zero-order chi connectivity index (χ0) is 13.6. The summed E-state index contributed by atoms with van der Waals surface area (Å²) in [6.45, 7) is 4.23. The summed E-state index contributed by atoms with van der Waals surface area (Å²) in [5, 5.41) is 0.607. The maximum Gasteiger partial charge on any atom is 0.179 e. The number of nitrogens with one attached hydrogen (secondary N) is 1. The summed E-state index contributed by atoms with van der Waals surface area (Å²) in [7, 11) is 0. The highest BCUT2D eigenvalue weighted by Gasteiger charge is 2.15. The normalized spacial score (nSPS) is 13.0. The first-order chi connectivity index (χ1) is 9.06. The van der Waals surface area contributed by atoms with Crippen LogP contribution in [-0.4, -0.2) is 14.5 Å². The molecule has 19 heavy (non-hydrogen) atoms. The Labute approximate surface area is 124 Å². The fraction of sp³-hybridized carbons (Fsp3) is 0.231. The van der Waals surface area contributed by atoms with E-state index in [2.05, 4.69) is 35.9 Å². The number of pyridine rings is 1. The molecular formula is C13H12ClN3S2. The number of nitrogens with zero attached hydrogens (tertiary/aromatic N) is 2. The van der Waals surface area contributed by atoms with E-state index in [9.17, 15) is 0 Å². The lowest BCUT2D eigenvalue weighted by Gasteiger charge is -2.12. The third kappa shape index (κ3) is 2.22. The topological polar surface area (TPSA) is 33.6 Å². The van der Waals surface area contributed by atoms with Crippen molar-refractivity contribution in [2.75, 3.05) is 0 Å². The number of H-pyrrole nitrogens is 1. The molecule has 0 bridgehead atoms. The molecule has 1 atom stereocenters. The number of imidazole rings is 1. The summed E-state index contributed by atoms with van der Waals surface area (Å²) in [6.07, 6.45) is 1.65. The fourth-order valence-electron chi connectivity index (χ4n) is 2.15. The molecule has 0 saturated carbocycles. The summed E-state index contributed by atoms with van der Waals surface area (Å²) in [4.78, 5) is 10.1. The minimum atomic E-state index is 0.161. The molecule has 98 valence electrons. The molecule has 0 saturated heterocycles. The molecule has 3 heterocycles. The summed E-state index contributed by atoms with van der Waals surface area (Å²) < 4.78 is 2.70. The van der Waals surface area contributed by atoms with Gasteiger partial charge in [-0.05, 0) is 44.3 Å². The van der Waals surface area contributed by atoms with Gasteiger partial charge >= 0.3 is 0 Å². The van der Waals surface area contributed by atoms with E-state index in [0.717, 1.165) is 11.2 Å². The van der Waals surface area contributed by atoms with E-state index in [4.69, 9.17) is 23.8 Å². The number of fused-ring (bicyclic) bond motifs is 1. The Kier molecular flexibility index (Phi) is 3.20. The highest BCUT2D eigenvalue weighted by Crippen LogP contribution is 2.29. The second-order valence-electron chi connectivity index (χ2n) is 4.45. The lowest BCUT2D eigenvalue weighted by Crippen LogP contribution is -2.05. The molecule has 6 heteroatoms. The van der Waals surface area contributed by atoms with Gasteiger partial charge in [0.25, 0.3) is 0 Å². The Morgan fingerprint density at radius 2 is 2.26 bits per heavy atom. The van der Waals surface area contributed by atoms with Crippen LogP contribution in [0.5, 0.6) is 0 Å². The third-order valence-electron chi connectivity index (χ3n) is 3.08. The molecule has 3 rings (SSSR count). The van der Waals surface area contributed by atoms with Gasteiger partial charge in [-0.3, -0.25) is 4.57 Å². The standard InChI is InChI=1S/C13H12ClN3S2/c1-7-3-4-11(19-7)8(2)17-12-10(16-13(17)18)5-9(14)6-15-12/h3-6,8H,1-2H3,(H,16,18). The number of hydrogen-bond donors (Lipinski definition) is 1. The van der Waals surface area contributed by atoms with Crippen molar-refractivity contribution >= 4 is 46.3 Å². The molecule has 1 unspecified atom stereocenters. The van der Waals surface area contributed by atoms with E-state index >= 15 is 0 Å². The van der Waals surface area contributed by atoms with Crippen LogP contribution in [0.2, 0.25) is 5.02 Å². The number of rotatable bonds is 2. The number of aryl methyl sites for hydroxylation is 1. The minimum Gasteiger partial charge on any atom is -0.329 e. The van der Waals surface area contributed by atoms with Gasteiger partial charge in [0.2, 0.25) is 0 Å². The third-order valence-corrected chi connectivity index (χ3v) is 4.76. The number of thiophene rings is 1. The average Bonchev–Trinajstić information content (AvgIpc) is 2.91. The lowest BCUT2D eigenvalue weighted by molar-refractivity contribution is 0.655. The average molecular weight is 310 g/mol. The minimum absolute atomic E-state index is 0.161. The van der Waals surface area contributed by atoms with Crippen LogP contribution in [0.25, 0.3) is 11.2 Å². The molecule has 0 aliphatic carbocycles. The van der Waals surface area contributed by atoms with Crippen LogP contribution in [0, 0.1) is 11.7 Å². The maximum atomic E-state index is 5.96. The van der Waals surface area contributed by atoms with Crippen LogP contribution < -0.4 is 0 Å². The summed E-state index contributed by atoms with van der Waals surface area (Å²) in [6, 6.07) is 6.27. The van der Waals surface area contributed by atoms with Crippen LogP contribution in [0.3, 0.4) is 0 Å². The van der Waals surface area contributed by atoms with Crippen LogP contribution >= 0.6 is 35.2 Å². The zero-order valence-electron chi connectivity index (χ0n) is 10.5. The van der Waals surface area contributed by atoms with Crippen LogP contribution in [0.15, 0.2) is 24.4 Å². The molecule has 1 N–H and O–H groups in total. The van der Waals surface area contributed by atoms with Crippen LogP contribution in [0.4, 0.5) is 0 Å². The van der Waals surface area contributed by atoms with Gasteiger partial charge in [0.05, 0.1) is 16.6 Å². The van der Waals surface area contributed by atoms with Crippen LogP contribution in [0.1, 0.15) is 22.7 Å². The maximum absolute atomic E-state index is 5.96. The highest BCUT2D eigenvalue weighted by atomic mass is 35.5. The molecule has 3 nitrogen and oxygen atoms in total. The molecule has 0 amide bonds. The van der Waals surface area contributed by atoms with Gasteiger partial charge in [0.15, 0.2) is 10.4 Å². The van der Waals surface area contributed by atoms with Gasteiger partial charge in [0, 0.05) is 16.0 Å². The molecule has 0 aliphatic rings. The molecule has 0 spiro atoms. The van der Waals surface area contributed by atoms with Crippen molar-refractivity contribution < 1.29 is 0 Å². The lowest BCUT2D eigenvalue weighted by atomic mass is 10.2. The van der Waals surface area contributed by atoms with Gasteiger partial charge < -0.3 is 4.98 Å². The van der Waals surface area contributed by atoms with Crippen molar-refractivity contribution in [1.82, 2.24) is 14.5 Å². The Balaban J connectivity index is 2.19. The number of aromatic nitrogens is 3. The van der Waals surface area contributed by atoms with Gasteiger partial charge in [-0.25, -0.2) is 4.98 Å². The highest BCUT2D eigenvalue weighted by molar-refractivity contribution is 7.71. The summed E-state index contributed by atoms with van der Waals surface area (Å²) in [5.74, 6) is 0. The van der Waals surface area contributed by atoms with Crippen molar-refractivity contribution in [2.24, 2.45) is 0 Å². The molecule has 0 aliphatic heterocycles. The first kappa shape index (κ1) is 12.8. The van der Waals surface area contributed by atoms with E-state index in [1.165, 1.54) is 9.75 Å². The van der Waals surface area contributed by atoms with E-state index in [-0.39, 0.29) is 6.04 Å². The van der Waals surface area contributed by atoms with Crippen molar-refractivity contribution in [2.45, 2.75) is 19.9 Å². The number of aromatic amines is 1. The molecule has 0 radical (unpaired) electrons. The van der Waals surface area contributed by atoms with Gasteiger partial charge in [-0.2, -0.15) is 0 Å². The van der Waals surface area contributed by atoms with Crippen LogP contribution in [-0.2, 0) is 0 Å². The SMILES string of the molecule is Cc1ccc(C(C)n2c(=S)[nH]c3cc(Cl)cnc32)s1. The zero-order valence-corrected chi connectivity index (χ0v) is 12.9. The number of hydrogen-bond acceptors (Lipinski definition) is 3. The Morgan fingerprint density at radius 1 is 1.47 bits per heavy atom. The van der Waals surface area contributed by atoms with Crippen molar-refractivity contribution in [1.29, 1.82) is 0 Å². The Hall–Kier alpha value is -1.17. The first-order valence-corrected chi connectivity index (χ1v) is 7.48. The van der Waals surface area contributed by atoms with Crippen molar-refractivity contribution in [3.63, 3.8) is 0 Å². The molecule has 0 aromatic carbocycles. The van der Waals surface area contributed by atoms with Crippen molar-refractivity contribution in [3.8, 4) is 0 Å². The molecular weight excluding hydrogens is 298 g/mol. The quantitative estimate of drug-likeness (QED) is 0.694. The second-order valence-corrected chi connectivity index (χ2v) is 6.59. The number of halogens is 1. The smallest absolute Gasteiger partial charge is 0.179 e. The molecule has 0 fully saturated rings. The largest absolute Gasteiger partial charge is 0.329 e. The van der Waals surface area contributed by atoms with Gasteiger partial charge in [0.1, 0.15) is 0 Å². The Morgan fingerprint density at radius 3 is 2.95 bits per heavy atom. The first-order valence-electron chi connectivity index (χ1n) is 5.88. The fourth-order valence-corrected chi connectivity index (χ4v) is 3.58. The predicted octanol–water partition coefficient (Wildman–Crippen LogP) is 4.73. The van der Waals surface area contributed by atoms with Gasteiger partial charge in [-0.15, -0.1) is 11.3 Å². The predicted molar refractivity (Wildman–Crippen MR) is 82.8 cm³/mol. The van der Waals surface area contributed by atoms with E-state index in [0.29, 0.717) is 9.79 Å². The summed E-state index contributed by atoms with van der Waals surface area (Å²) >= 11 is 13.1. The van der Waals surface area contributed by atoms with E-state index < -0.39 is 0 Å². The van der Waals surface area contributed by atoms with Gasteiger partial charge in [-0.1, -0.05) is 11.6 Å². The van der Waals surface area contributed by atoms with Crippen molar-refractivity contribution in [3.05, 3.63) is 43.9 Å². The second kappa shape index (κ2) is 4.74. The monoisotopic (exact) mass is 309 g/mol. The molecule has 3 aromatic heterocycles. The summed E-state index contributed by atoms with van der Waals surface area (Å²) in [5.41, 5.74) is 1.71. The Bertz CT molecular complexity index is 800.